The maximum atomic E-state index is 12.0. The largest absolute Gasteiger partial charge is 0.496 e. The van der Waals surface area contributed by atoms with Gasteiger partial charge in [-0.2, -0.15) is 12.6 Å². The van der Waals surface area contributed by atoms with E-state index in [1.165, 1.54) is 0 Å². The Hall–Kier alpha value is -1.95. The van der Waals surface area contributed by atoms with Gasteiger partial charge in [-0.05, 0) is 12.1 Å². The third kappa shape index (κ3) is 2.73. The van der Waals surface area contributed by atoms with Crippen molar-refractivity contribution < 1.29 is 14.3 Å². The van der Waals surface area contributed by atoms with Crippen LogP contribution in [-0.2, 0) is 4.79 Å². The van der Waals surface area contributed by atoms with Gasteiger partial charge in [-0.3, -0.25) is 9.69 Å². The fourth-order valence-electron chi connectivity index (χ4n) is 1.82. The lowest BCUT2D eigenvalue weighted by atomic mass is 10.1. The van der Waals surface area contributed by atoms with E-state index >= 15 is 0 Å². The van der Waals surface area contributed by atoms with Gasteiger partial charge in [0, 0.05) is 17.9 Å². The highest BCUT2D eigenvalue weighted by atomic mass is 32.1. The number of methoxy groups -OCH3 is 1. The molecule has 1 N–H and O–H groups in total. The number of ether oxygens (including phenoxy) is 1. The Bertz CT molecular complexity index is 542. The molecule has 2 rings (SSSR count). The molecule has 0 aliphatic carbocycles. The van der Waals surface area contributed by atoms with Gasteiger partial charge in [0.25, 0.3) is 5.91 Å². The maximum Gasteiger partial charge on any atom is 0.329 e. The molecule has 1 aliphatic heterocycles. The molecule has 0 aromatic heterocycles. The Morgan fingerprint density at radius 1 is 1.37 bits per heavy atom. The Labute approximate surface area is 116 Å². The van der Waals surface area contributed by atoms with E-state index < -0.39 is 6.03 Å². The summed E-state index contributed by atoms with van der Waals surface area (Å²) < 4.78 is 5.20. The van der Waals surface area contributed by atoms with Gasteiger partial charge in [-0.25, -0.2) is 4.79 Å². The first-order chi connectivity index (χ1) is 9.17. The van der Waals surface area contributed by atoms with E-state index in [1.807, 2.05) is 18.2 Å². The molecule has 0 atom stereocenters. The molecule has 0 spiro atoms. The highest BCUT2D eigenvalue weighted by molar-refractivity contribution is 7.80. The van der Waals surface area contributed by atoms with Crippen molar-refractivity contribution in [2.75, 3.05) is 19.4 Å². The van der Waals surface area contributed by atoms with Crippen LogP contribution in [0.1, 0.15) is 5.56 Å². The van der Waals surface area contributed by atoms with E-state index in [4.69, 9.17) is 4.74 Å². The number of para-hydroxylation sites is 1. The van der Waals surface area contributed by atoms with Crippen molar-refractivity contribution >= 4 is 30.6 Å². The van der Waals surface area contributed by atoms with E-state index in [2.05, 4.69) is 17.9 Å². The minimum Gasteiger partial charge on any atom is -0.496 e. The molecule has 5 nitrogen and oxygen atoms in total. The van der Waals surface area contributed by atoms with Crippen LogP contribution in [0.4, 0.5) is 4.79 Å². The first-order valence-corrected chi connectivity index (χ1v) is 6.39. The Morgan fingerprint density at radius 3 is 2.79 bits per heavy atom. The second-order valence-corrected chi connectivity index (χ2v) is 4.36. The zero-order valence-corrected chi connectivity index (χ0v) is 11.3. The molecular formula is C13H14N2O3S. The average Bonchev–Trinajstić information content (AvgIpc) is 2.67. The number of nitrogens with zero attached hydrogens (tertiary/aromatic N) is 1. The van der Waals surface area contributed by atoms with Crippen molar-refractivity contribution in [1.29, 1.82) is 0 Å². The van der Waals surface area contributed by atoms with Crippen LogP contribution in [0.2, 0.25) is 0 Å². The normalized spacial score (nSPS) is 16.9. The lowest BCUT2D eigenvalue weighted by molar-refractivity contribution is -0.122. The van der Waals surface area contributed by atoms with Gasteiger partial charge in [0.1, 0.15) is 11.4 Å². The van der Waals surface area contributed by atoms with E-state index in [0.717, 1.165) is 10.5 Å². The molecule has 0 saturated carbocycles. The number of benzene rings is 1. The predicted octanol–water partition coefficient (Wildman–Crippen LogP) is 1.52. The minimum absolute atomic E-state index is 0.247. The molecule has 19 heavy (non-hydrogen) atoms. The van der Waals surface area contributed by atoms with E-state index in [9.17, 15) is 9.59 Å². The standard InChI is InChI=1S/C13H14N2O3S/c1-18-11-5-3-2-4-9(11)8-10-12(16)15(6-7-19)13(17)14-10/h2-5,8,19H,6-7H2,1H3,(H,14,17)/b10-8+. The molecule has 0 bridgehead atoms. The van der Waals surface area contributed by atoms with E-state index in [-0.39, 0.29) is 18.1 Å². The molecular weight excluding hydrogens is 264 g/mol. The van der Waals surface area contributed by atoms with Gasteiger partial charge < -0.3 is 10.1 Å². The molecule has 0 radical (unpaired) electrons. The number of rotatable bonds is 4. The SMILES string of the molecule is COc1ccccc1/C=C1/NC(=O)N(CCS)C1=O. The van der Waals surface area contributed by atoms with Crippen LogP contribution in [0.15, 0.2) is 30.0 Å². The summed E-state index contributed by atoms with van der Waals surface area (Å²) in [5.41, 5.74) is 0.984. The van der Waals surface area contributed by atoms with Crippen LogP contribution in [0.3, 0.4) is 0 Å². The van der Waals surface area contributed by atoms with E-state index in [0.29, 0.717) is 11.5 Å². The number of carbonyl (C=O) groups is 2. The molecule has 0 unspecified atom stereocenters. The number of urea groups is 1. The van der Waals surface area contributed by atoms with Crippen LogP contribution < -0.4 is 10.1 Å². The smallest absolute Gasteiger partial charge is 0.329 e. The molecule has 1 aromatic carbocycles. The van der Waals surface area contributed by atoms with Crippen molar-refractivity contribution in [3.63, 3.8) is 0 Å². The highest BCUT2D eigenvalue weighted by Gasteiger charge is 2.32. The number of amides is 3. The van der Waals surface area contributed by atoms with Crippen molar-refractivity contribution in [1.82, 2.24) is 10.2 Å². The zero-order chi connectivity index (χ0) is 13.8. The summed E-state index contributed by atoms with van der Waals surface area (Å²) in [4.78, 5) is 24.8. The summed E-state index contributed by atoms with van der Waals surface area (Å²) in [6.07, 6.45) is 1.61. The average molecular weight is 278 g/mol. The number of carbonyl (C=O) groups excluding carboxylic acids is 2. The van der Waals surface area contributed by atoms with E-state index in [1.54, 1.807) is 19.3 Å². The Morgan fingerprint density at radius 2 is 2.11 bits per heavy atom. The first kappa shape index (κ1) is 13.5. The quantitative estimate of drug-likeness (QED) is 0.499. The number of nitrogens with one attached hydrogen (secondary N) is 1. The Balaban J connectivity index is 2.30. The topological polar surface area (TPSA) is 58.6 Å². The number of hydrogen-bond acceptors (Lipinski definition) is 4. The number of imide groups is 1. The fraction of sp³-hybridized carbons (Fsp3) is 0.231. The molecule has 1 fully saturated rings. The van der Waals surface area contributed by atoms with Gasteiger partial charge in [0.05, 0.1) is 7.11 Å². The van der Waals surface area contributed by atoms with Gasteiger partial charge in [-0.1, -0.05) is 18.2 Å². The molecule has 1 aliphatic rings. The highest BCUT2D eigenvalue weighted by Crippen LogP contribution is 2.22. The van der Waals surface area contributed by atoms with Crippen LogP contribution in [0, 0.1) is 0 Å². The van der Waals surface area contributed by atoms with Crippen molar-refractivity contribution in [2.24, 2.45) is 0 Å². The van der Waals surface area contributed by atoms with Gasteiger partial charge in [-0.15, -0.1) is 0 Å². The summed E-state index contributed by atoms with van der Waals surface area (Å²) in [5.74, 6) is 0.732. The second-order valence-electron chi connectivity index (χ2n) is 3.91. The van der Waals surface area contributed by atoms with Crippen LogP contribution in [-0.4, -0.2) is 36.2 Å². The minimum atomic E-state index is -0.416. The van der Waals surface area contributed by atoms with Gasteiger partial charge in [0.2, 0.25) is 0 Å². The molecule has 6 heteroatoms. The van der Waals surface area contributed by atoms with Crippen LogP contribution in [0.25, 0.3) is 6.08 Å². The molecule has 3 amide bonds. The fourth-order valence-corrected chi connectivity index (χ4v) is 2.02. The summed E-state index contributed by atoms with van der Waals surface area (Å²) in [5, 5.41) is 2.55. The third-order valence-corrected chi connectivity index (χ3v) is 2.92. The van der Waals surface area contributed by atoms with Gasteiger partial charge >= 0.3 is 6.03 Å². The number of hydrogen-bond donors (Lipinski definition) is 2. The van der Waals surface area contributed by atoms with Crippen molar-refractivity contribution in [3.05, 3.63) is 35.5 Å². The monoisotopic (exact) mass is 278 g/mol. The summed E-state index contributed by atoms with van der Waals surface area (Å²) in [7, 11) is 1.56. The molecule has 1 aromatic rings. The first-order valence-electron chi connectivity index (χ1n) is 5.75. The lowest BCUT2D eigenvalue weighted by Gasteiger charge is -2.08. The second kappa shape index (κ2) is 5.79. The van der Waals surface area contributed by atoms with Crippen LogP contribution in [0.5, 0.6) is 5.75 Å². The molecule has 1 heterocycles. The zero-order valence-electron chi connectivity index (χ0n) is 10.4. The molecule has 100 valence electrons. The summed E-state index contributed by atoms with van der Waals surface area (Å²) in [6, 6.07) is 6.86. The lowest BCUT2D eigenvalue weighted by Crippen LogP contribution is -2.32. The maximum absolute atomic E-state index is 12.0. The molecule has 1 saturated heterocycles. The van der Waals surface area contributed by atoms with Gasteiger partial charge in [0.15, 0.2) is 0 Å². The Kier molecular flexibility index (Phi) is 4.11. The number of thiol groups is 1. The predicted molar refractivity (Wildman–Crippen MR) is 75.1 cm³/mol. The summed E-state index contributed by atoms with van der Waals surface area (Å²) >= 11 is 4.02. The van der Waals surface area contributed by atoms with Crippen LogP contribution >= 0.6 is 12.6 Å². The van der Waals surface area contributed by atoms with Crippen molar-refractivity contribution in [2.45, 2.75) is 0 Å². The summed E-state index contributed by atoms with van der Waals surface area (Å²) in [6.45, 7) is 0.289. The third-order valence-electron chi connectivity index (χ3n) is 2.72. The van der Waals surface area contributed by atoms with Crippen molar-refractivity contribution in [3.8, 4) is 5.75 Å².